The predicted octanol–water partition coefficient (Wildman–Crippen LogP) is 5.61. The van der Waals surface area contributed by atoms with E-state index in [9.17, 15) is 9.59 Å². The van der Waals surface area contributed by atoms with E-state index < -0.39 is 0 Å². The Bertz CT molecular complexity index is 1120. The molecule has 1 fully saturated rings. The van der Waals surface area contributed by atoms with Crippen LogP contribution in [0.25, 0.3) is 0 Å². The highest BCUT2D eigenvalue weighted by atomic mass is 35.5. The van der Waals surface area contributed by atoms with Crippen LogP contribution in [0.2, 0.25) is 5.02 Å². The molecule has 0 aromatic heterocycles. The Labute approximate surface area is 203 Å². The number of amides is 2. The number of hydrogen-bond donors (Lipinski definition) is 1. The van der Waals surface area contributed by atoms with Gasteiger partial charge >= 0.3 is 0 Å². The third-order valence-electron chi connectivity index (χ3n) is 5.66. The molecule has 4 rings (SSSR count). The van der Waals surface area contributed by atoms with Gasteiger partial charge in [0.2, 0.25) is 5.91 Å². The van der Waals surface area contributed by atoms with Gasteiger partial charge in [-0.05, 0) is 60.0 Å². The van der Waals surface area contributed by atoms with Crippen molar-refractivity contribution >= 4 is 35.2 Å². The smallest absolute Gasteiger partial charge is 0.251 e. The lowest BCUT2D eigenvalue weighted by Gasteiger charge is -2.24. The van der Waals surface area contributed by atoms with E-state index in [4.69, 9.17) is 16.3 Å². The van der Waals surface area contributed by atoms with Crippen molar-refractivity contribution in [1.29, 1.82) is 0 Å². The van der Waals surface area contributed by atoms with Gasteiger partial charge in [0.1, 0.15) is 11.1 Å². The molecule has 2 amide bonds. The summed E-state index contributed by atoms with van der Waals surface area (Å²) in [5.74, 6) is 1.19. The van der Waals surface area contributed by atoms with Crippen LogP contribution in [0.4, 0.5) is 0 Å². The van der Waals surface area contributed by atoms with E-state index in [1.54, 1.807) is 18.9 Å². The highest BCUT2D eigenvalue weighted by molar-refractivity contribution is 8.00. The summed E-state index contributed by atoms with van der Waals surface area (Å²) in [5.41, 5.74) is 3.61. The second kappa shape index (κ2) is 10.3. The average molecular weight is 481 g/mol. The third kappa shape index (κ3) is 5.52. The second-order valence-electron chi connectivity index (χ2n) is 7.90. The maximum absolute atomic E-state index is 12.8. The second-order valence-corrected chi connectivity index (χ2v) is 9.41. The molecule has 5 nitrogen and oxygen atoms in total. The van der Waals surface area contributed by atoms with Crippen molar-refractivity contribution in [3.8, 4) is 5.75 Å². The zero-order valence-electron chi connectivity index (χ0n) is 18.5. The first-order valence-electron chi connectivity index (χ1n) is 10.6. The number of ether oxygens (including phenoxy) is 1. The SMILES string of the molecule is COc1ccc([C@@H](C)NC(=O)c2ccc([C@H]3SCC(=O)N3Cc3ccc(Cl)cc3)cc2)cc1. The lowest BCUT2D eigenvalue weighted by molar-refractivity contribution is -0.128. The largest absolute Gasteiger partial charge is 0.497 e. The number of benzene rings is 3. The molecule has 1 aliphatic rings. The van der Waals surface area contributed by atoms with Crippen molar-refractivity contribution in [3.05, 3.63) is 100 Å². The monoisotopic (exact) mass is 480 g/mol. The Hall–Kier alpha value is -2.96. The molecule has 0 unspecified atom stereocenters. The number of carbonyl (C=O) groups excluding carboxylic acids is 2. The zero-order valence-corrected chi connectivity index (χ0v) is 20.0. The van der Waals surface area contributed by atoms with Crippen molar-refractivity contribution < 1.29 is 14.3 Å². The Morgan fingerprint density at radius 1 is 1.09 bits per heavy atom. The molecule has 0 saturated carbocycles. The lowest BCUT2D eigenvalue weighted by atomic mass is 10.1. The fraction of sp³-hybridized carbons (Fsp3) is 0.231. The maximum Gasteiger partial charge on any atom is 0.251 e. The molecule has 170 valence electrons. The third-order valence-corrected chi connectivity index (χ3v) is 7.16. The molecule has 33 heavy (non-hydrogen) atoms. The predicted molar refractivity (Wildman–Crippen MR) is 133 cm³/mol. The van der Waals surface area contributed by atoms with Crippen LogP contribution in [0.3, 0.4) is 0 Å². The quantitative estimate of drug-likeness (QED) is 0.477. The van der Waals surface area contributed by atoms with Crippen LogP contribution in [0.15, 0.2) is 72.8 Å². The van der Waals surface area contributed by atoms with Crippen molar-refractivity contribution in [3.63, 3.8) is 0 Å². The fourth-order valence-corrected chi connectivity index (χ4v) is 5.06. The minimum absolute atomic E-state index is 0.0801. The van der Waals surface area contributed by atoms with Gasteiger partial charge in [-0.2, -0.15) is 0 Å². The lowest BCUT2D eigenvalue weighted by Crippen LogP contribution is -2.28. The molecule has 1 heterocycles. The van der Waals surface area contributed by atoms with Crippen molar-refractivity contribution in [1.82, 2.24) is 10.2 Å². The summed E-state index contributed by atoms with van der Waals surface area (Å²) < 4.78 is 5.19. The molecule has 3 aromatic carbocycles. The number of halogens is 1. The molecule has 0 bridgehead atoms. The molecular weight excluding hydrogens is 456 g/mol. The van der Waals surface area contributed by atoms with Gasteiger partial charge in [-0.1, -0.05) is 48.0 Å². The van der Waals surface area contributed by atoms with Gasteiger partial charge in [0, 0.05) is 17.1 Å². The van der Waals surface area contributed by atoms with E-state index in [-0.39, 0.29) is 23.2 Å². The summed E-state index contributed by atoms with van der Waals surface area (Å²) in [6.45, 7) is 2.47. The highest BCUT2D eigenvalue weighted by Crippen LogP contribution is 2.39. The average Bonchev–Trinajstić information content (AvgIpc) is 3.20. The van der Waals surface area contributed by atoms with Crippen LogP contribution in [0.5, 0.6) is 5.75 Å². The molecule has 7 heteroatoms. The Morgan fingerprint density at radius 2 is 1.76 bits per heavy atom. The Balaban J connectivity index is 1.42. The first kappa shape index (κ1) is 23.2. The Morgan fingerprint density at radius 3 is 2.39 bits per heavy atom. The molecule has 1 saturated heterocycles. The van der Waals surface area contributed by atoms with Gasteiger partial charge in [-0.3, -0.25) is 9.59 Å². The normalized spacial score (nSPS) is 16.5. The van der Waals surface area contributed by atoms with E-state index in [1.165, 1.54) is 0 Å². The van der Waals surface area contributed by atoms with E-state index in [0.29, 0.717) is 22.9 Å². The Kier molecular flexibility index (Phi) is 7.26. The fourth-order valence-electron chi connectivity index (χ4n) is 3.74. The summed E-state index contributed by atoms with van der Waals surface area (Å²) in [5, 5.41) is 3.63. The van der Waals surface area contributed by atoms with Crippen LogP contribution in [-0.4, -0.2) is 29.6 Å². The summed E-state index contributed by atoms with van der Waals surface area (Å²) in [4.78, 5) is 27.1. The maximum atomic E-state index is 12.8. The minimum atomic E-state index is -0.141. The summed E-state index contributed by atoms with van der Waals surface area (Å²) in [6, 6.07) is 22.5. The van der Waals surface area contributed by atoms with Crippen molar-refractivity contribution in [2.75, 3.05) is 12.9 Å². The van der Waals surface area contributed by atoms with Crippen molar-refractivity contribution in [2.45, 2.75) is 24.9 Å². The minimum Gasteiger partial charge on any atom is -0.497 e. The van der Waals surface area contributed by atoms with Gasteiger partial charge in [0.25, 0.3) is 5.91 Å². The molecule has 1 N–H and O–H groups in total. The molecule has 3 aromatic rings. The van der Waals surface area contributed by atoms with Crippen LogP contribution in [0.1, 0.15) is 45.4 Å². The molecule has 0 radical (unpaired) electrons. The number of hydrogen-bond acceptors (Lipinski definition) is 4. The number of rotatable bonds is 7. The van der Waals surface area contributed by atoms with Crippen LogP contribution in [-0.2, 0) is 11.3 Å². The van der Waals surface area contributed by atoms with Gasteiger partial charge in [-0.15, -0.1) is 11.8 Å². The van der Waals surface area contributed by atoms with Crippen LogP contribution in [0, 0.1) is 0 Å². The molecule has 0 aliphatic carbocycles. The summed E-state index contributed by atoms with van der Waals surface area (Å²) in [6.07, 6.45) is 0. The van der Waals surface area contributed by atoms with Gasteiger partial charge in [-0.25, -0.2) is 0 Å². The van der Waals surface area contributed by atoms with Gasteiger partial charge in [0.05, 0.1) is 18.9 Å². The number of nitrogens with one attached hydrogen (secondary N) is 1. The standard InChI is InChI=1S/C26H25ClN2O3S/c1-17(19-9-13-23(32-2)14-10-19)28-25(31)20-5-7-21(8-6-20)26-29(24(30)16-33-26)15-18-3-11-22(27)12-4-18/h3-14,17,26H,15-16H2,1-2H3,(H,28,31)/t17-,26-/m1/s1. The van der Waals surface area contributed by atoms with Gasteiger partial charge < -0.3 is 15.0 Å². The molecule has 0 spiro atoms. The van der Waals surface area contributed by atoms with Crippen LogP contribution < -0.4 is 10.1 Å². The summed E-state index contributed by atoms with van der Waals surface area (Å²) in [7, 11) is 1.63. The first-order valence-corrected chi connectivity index (χ1v) is 12.1. The topological polar surface area (TPSA) is 58.6 Å². The van der Waals surface area contributed by atoms with Gasteiger partial charge in [0.15, 0.2) is 0 Å². The number of nitrogens with zero attached hydrogens (tertiary/aromatic N) is 1. The summed E-state index contributed by atoms with van der Waals surface area (Å²) >= 11 is 7.58. The van der Waals surface area contributed by atoms with E-state index >= 15 is 0 Å². The number of methoxy groups -OCH3 is 1. The van der Waals surface area contributed by atoms with E-state index in [1.807, 2.05) is 84.6 Å². The number of thioether (sulfide) groups is 1. The van der Waals surface area contributed by atoms with E-state index in [2.05, 4.69) is 5.32 Å². The van der Waals surface area contributed by atoms with Crippen LogP contribution >= 0.6 is 23.4 Å². The molecular formula is C26H25ClN2O3S. The van der Waals surface area contributed by atoms with E-state index in [0.717, 1.165) is 22.4 Å². The number of carbonyl (C=O) groups is 2. The first-order chi connectivity index (χ1) is 15.9. The highest BCUT2D eigenvalue weighted by Gasteiger charge is 2.32. The van der Waals surface area contributed by atoms with Crippen molar-refractivity contribution in [2.24, 2.45) is 0 Å². The molecule has 2 atom stereocenters. The molecule has 1 aliphatic heterocycles. The zero-order chi connectivity index (χ0) is 23.4.